The van der Waals surface area contributed by atoms with E-state index in [0.717, 1.165) is 12.8 Å². The largest absolute Gasteiger partial charge is 0.481 e. The van der Waals surface area contributed by atoms with Crippen molar-refractivity contribution < 1.29 is 27.9 Å². The number of carboxylic acid groups (broad SMARTS) is 1. The molecule has 8 heteroatoms. The van der Waals surface area contributed by atoms with Crippen LogP contribution in [-0.4, -0.2) is 68.6 Å². The molecule has 0 aromatic heterocycles. The molecule has 1 aliphatic rings. The third kappa shape index (κ3) is 5.76. The first kappa shape index (κ1) is 19.9. The Bertz CT molecular complexity index is 514. The molecule has 1 N–H and O–H groups in total. The maximum Gasteiger partial charge on any atom is 0.313 e. The number of rotatable bonds is 9. The minimum Gasteiger partial charge on any atom is -0.481 e. The molecule has 0 aromatic rings. The van der Waals surface area contributed by atoms with Gasteiger partial charge >= 0.3 is 5.97 Å². The Balaban J connectivity index is 2.70. The molecule has 1 saturated heterocycles. The van der Waals surface area contributed by atoms with Gasteiger partial charge in [0.15, 0.2) is 9.84 Å². The molecular weight excluding hydrogens is 322 g/mol. The number of carbonyl (C=O) groups is 2. The lowest BCUT2D eigenvalue weighted by Crippen LogP contribution is -2.53. The number of likely N-dealkylation sites (tertiary alicyclic amines) is 1. The smallest absolute Gasteiger partial charge is 0.313 e. The maximum absolute atomic E-state index is 12.3. The lowest BCUT2D eigenvalue weighted by molar-refractivity contribution is -0.158. The minimum absolute atomic E-state index is 0.000509. The number of aliphatic carboxylic acids is 1. The van der Waals surface area contributed by atoms with Crippen LogP contribution in [0.5, 0.6) is 0 Å². The fourth-order valence-electron chi connectivity index (χ4n) is 2.90. The van der Waals surface area contributed by atoms with Gasteiger partial charge in [0.2, 0.25) is 5.91 Å². The Morgan fingerprint density at radius 3 is 2.57 bits per heavy atom. The molecule has 23 heavy (non-hydrogen) atoms. The van der Waals surface area contributed by atoms with Crippen LogP contribution in [0.2, 0.25) is 0 Å². The first-order valence-electron chi connectivity index (χ1n) is 7.97. The van der Waals surface area contributed by atoms with Gasteiger partial charge in [-0.1, -0.05) is 19.8 Å². The molecule has 1 atom stereocenters. The molecular formula is C15H27NO6S. The Kier molecular flexibility index (Phi) is 7.47. The molecule has 7 nitrogen and oxygen atoms in total. The molecule has 1 amide bonds. The van der Waals surface area contributed by atoms with Gasteiger partial charge in [-0.25, -0.2) is 8.42 Å². The van der Waals surface area contributed by atoms with Crippen molar-refractivity contribution in [2.45, 2.75) is 39.0 Å². The number of carboxylic acids is 1. The van der Waals surface area contributed by atoms with Gasteiger partial charge in [0.05, 0.1) is 12.4 Å². The summed E-state index contributed by atoms with van der Waals surface area (Å²) in [6, 6.07) is 0. The van der Waals surface area contributed by atoms with Gasteiger partial charge in [0, 0.05) is 20.2 Å². The van der Waals surface area contributed by atoms with E-state index in [9.17, 15) is 23.1 Å². The molecule has 0 bridgehead atoms. The van der Waals surface area contributed by atoms with Crippen molar-refractivity contribution >= 4 is 21.7 Å². The van der Waals surface area contributed by atoms with Gasteiger partial charge in [-0.3, -0.25) is 9.59 Å². The fourth-order valence-corrected chi connectivity index (χ4v) is 4.25. The second kappa shape index (κ2) is 8.63. The first-order valence-corrected chi connectivity index (χ1v) is 9.79. The van der Waals surface area contributed by atoms with E-state index in [1.54, 1.807) is 0 Å². The molecule has 0 aromatic carbocycles. The summed E-state index contributed by atoms with van der Waals surface area (Å²) in [6.07, 6.45) is 3.22. The highest BCUT2D eigenvalue weighted by molar-refractivity contribution is 7.92. The fraction of sp³-hybridized carbons (Fsp3) is 0.867. The number of hydrogen-bond acceptors (Lipinski definition) is 5. The van der Waals surface area contributed by atoms with E-state index in [1.807, 2.05) is 6.92 Å². The van der Waals surface area contributed by atoms with Gasteiger partial charge in [0.1, 0.15) is 11.2 Å². The van der Waals surface area contributed by atoms with Crippen LogP contribution in [0.15, 0.2) is 0 Å². The summed E-state index contributed by atoms with van der Waals surface area (Å²) in [7, 11) is -2.02. The zero-order chi connectivity index (χ0) is 17.5. The SMILES string of the molecule is CCCCCS(=O)(=O)CC(=O)N1CCCC(COC)(C(=O)O)C1. The zero-order valence-electron chi connectivity index (χ0n) is 13.9. The number of unbranched alkanes of at least 4 members (excludes halogenated alkanes) is 2. The average Bonchev–Trinajstić information content (AvgIpc) is 2.47. The van der Waals surface area contributed by atoms with Crippen LogP contribution < -0.4 is 0 Å². The monoisotopic (exact) mass is 349 g/mol. The predicted octanol–water partition coefficient (Wildman–Crippen LogP) is 0.931. The lowest BCUT2D eigenvalue weighted by atomic mass is 9.80. The van der Waals surface area contributed by atoms with Crippen molar-refractivity contribution in [3.8, 4) is 0 Å². The molecule has 0 aliphatic carbocycles. The van der Waals surface area contributed by atoms with Gasteiger partial charge in [0.25, 0.3) is 0 Å². The number of methoxy groups -OCH3 is 1. The average molecular weight is 349 g/mol. The number of carbonyl (C=O) groups excluding carboxylic acids is 1. The van der Waals surface area contributed by atoms with Crippen LogP contribution in [0.1, 0.15) is 39.0 Å². The van der Waals surface area contributed by atoms with Crippen molar-refractivity contribution in [1.82, 2.24) is 4.90 Å². The zero-order valence-corrected chi connectivity index (χ0v) is 14.7. The van der Waals surface area contributed by atoms with E-state index >= 15 is 0 Å². The van der Waals surface area contributed by atoms with E-state index in [4.69, 9.17) is 4.74 Å². The molecule has 0 radical (unpaired) electrons. The van der Waals surface area contributed by atoms with Gasteiger partial charge in [-0.05, 0) is 19.3 Å². The van der Waals surface area contributed by atoms with Crippen LogP contribution in [0.25, 0.3) is 0 Å². The molecule has 134 valence electrons. The Morgan fingerprint density at radius 2 is 2.00 bits per heavy atom. The standard InChI is InChI=1S/C15H27NO6S/c1-3-4-5-9-23(20,21)10-13(17)16-8-6-7-15(11-16,12-22-2)14(18)19/h3-12H2,1-2H3,(H,18,19). The van der Waals surface area contributed by atoms with Crippen molar-refractivity contribution in [2.75, 3.05) is 38.3 Å². The summed E-state index contributed by atoms with van der Waals surface area (Å²) in [6.45, 7) is 2.38. The van der Waals surface area contributed by atoms with E-state index < -0.39 is 32.9 Å². The molecule has 0 spiro atoms. The second-order valence-corrected chi connectivity index (χ2v) is 8.42. The molecule has 1 heterocycles. The number of hydrogen-bond donors (Lipinski definition) is 1. The Labute approximate surface area is 137 Å². The van der Waals surface area contributed by atoms with Crippen molar-refractivity contribution in [2.24, 2.45) is 5.41 Å². The number of piperidine rings is 1. The number of nitrogens with zero attached hydrogens (tertiary/aromatic N) is 1. The Hall–Kier alpha value is -1.15. The Morgan fingerprint density at radius 1 is 1.30 bits per heavy atom. The summed E-state index contributed by atoms with van der Waals surface area (Å²) in [5.74, 6) is -2.06. The third-order valence-corrected chi connectivity index (χ3v) is 5.80. The van der Waals surface area contributed by atoms with Crippen LogP contribution in [0.4, 0.5) is 0 Å². The summed E-state index contributed by atoms with van der Waals surface area (Å²) in [4.78, 5) is 25.2. The quantitative estimate of drug-likeness (QED) is 0.622. The highest BCUT2D eigenvalue weighted by atomic mass is 32.2. The lowest BCUT2D eigenvalue weighted by Gasteiger charge is -2.39. The second-order valence-electron chi connectivity index (χ2n) is 6.24. The van der Waals surface area contributed by atoms with Gasteiger partial charge in [-0.2, -0.15) is 0 Å². The highest BCUT2D eigenvalue weighted by Crippen LogP contribution is 2.31. The summed E-state index contributed by atoms with van der Waals surface area (Å²) in [5, 5.41) is 9.46. The number of sulfone groups is 1. The predicted molar refractivity (Wildman–Crippen MR) is 85.9 cm³/mol. The normalized spacial score (nSPS) is 22.1. The summed E-state index contributed by atoms with van der Waals surface area (Å²) < 4.78 is 29.0. The number of ether oxygens (including phenoxy) is 1. The van der Waals surface area contributed by atoms with E-state index in [1.165, 1.54) is 12.0 Å². The summed E-state index contributed by atoms with van der Waals surface area (Å²) in [5.41, 5.74) is -1.14. The van der Waals surface area contributed by atoms with E-state index in [2.05, 4.69) is 0 Å². The van der Waals surface area contributed by atoms with Crippen LogP contribution in [-0.2, 0) is 24.2 Å². The number of amides is 1. The summed E-state index contributed by atoms with van der Waals surface area (Å²) >= 11 is 0. The molecule has 1 aliphatic heterocycles. The third-order valence-electron chi connectivity index (χ3n) is 4.21. The van der Waals surface area contributed by atoms with Crippen molar-refractivity contribution in [1.29, 1.82) is 0 Å². The van der Waals surface area contributed by atoms with Crippen LogP contribution >= 0.6 is 0 Å². The topological polar surface area (TPSA) is 101 Å². The van der Waals surface area contributed by atoms with Gasteiger partial charge < -0.3 is 14.7 Å². The molecule has 1 unspecified atom stereocenters. The molecule has 0 saturated carbocycles. The minimum atomic E-state index is -3.44. The van der Waals surface area contributed by atoms with Crippen LogP contribution in [0, 0.1) is 5.41 Å². The van der Waals surface area contributed by atoms with Crippen molar-refractivity contribution in [3.63, 3.8) is 0 Å². The maximum atomic E-state index is 12.3. The first-order chi connectivity index (χ1) is 10.8. The van der Waals surface area contributed by atoms with E-state index in [-0.39, 0.29) is 18.9 Å². The van der Waals surface area contributed by atoms with Gasteiger partial charge in [-0.15, -0.1) is 0 Å². The highest BCUT2D eigenvalue weighted by Gasteiger charge is 2.44. The molecule has 1 fully saturated rings. The molecule has 1 rings (SSSR count). The van der Waals surface area contributed by atoms with Crippen LogP contribution in [0.3, 0.4) is 0 Å². The van der Waals surface area contributed by atoms with Crippen molar-refractivity contribution in [3.05, 3.63) is 0 Å². The van der Waals surface area contributed by atoms with E-state index in [0.29, 0.717) is 25.8 Å².